The van der Waals surface area contributed by atoms with Gasteiger partial charge in [0, 0.05) is 12.6 Å². The van der Waals surface area contributed by atoms with Crippen LogP contribution in [0.1, 0.15) is 24.2 Å². The Kier molecular flexibility index (Phi) is 4.41. The number of carbonyl (C=O) groups is 2. The highest BCUT2D eigenvalue weighted by Gasteiger charge is 2.49. The number of amides is 1. The fraction of sp³-hybridized carbons (Fsp3) is 0.467. The first-order valence-electron chi connectivity index (χ1n) is 6.62. The van der Waals surface area contributed by atoms with Crippen LogP contribution in [0.3, 0.4) is 0 Å². The summed E-state index contributed by atoms with van der Waals surface area (Å²) in [5.41, 5.74) is 0.474. The molecule has 2 atom stereocenters. The van der Waals surface area contributed by atoms with Gasteiger partial charge in [0.25, 0.3) is 5.91 Å². The minimum absolute atomic E-state index is 0.288. The third kappa shape index (κ3) is 3.29. The fourth-order valence-corrected chi connectivity index (χ4v) is 2.17. The molecule has 114 valence electrons. The van der Waals surface area contributed by atoms with E-state index in [4.69, 9.17) is 14.3 Å². The summed E-state index contributed by atoms with van der Waals surface area (Å²) in [7, 11) is 2.83. The van der Waals surface area contributed by atoms with Crippen molar-refractivity contribution in [3.8, 4) is 0 Å². The van der Waals surface area contributed by atoms with Gasteiger partial charge >= 0.3 is 0 Å². The Morgan fingerprint density at radius 2 is 1.71 bits per heavy atom. The van der Waals surface area contributed by atoms with Gasteiger partial charge in [0.15, 0.2) is 23.8 Å². The molecule has 1 aliphatic rings. The molecule has 1 aromatic carbocycles. The van der Waals surface area contributed by atoms with Crippen molar-refractivity contribution in [1.29, 1.82) is 0 Å². The third-order valence-corrected chi connectivity index (χ3v) is 3.24. The lowest BCUT2D eigenvalue weighted by Crippen LogP contribution is -2.44. The molecule has 0 unspecified atom stereocenters. The Labute approximate surface area is 123 Å². The molecule has 0 N–H and O–H groups in total. The molecular weight excluding hydrogens is 274 g/mol. The molecule has 0 radical (unpaired) electrons. The average Bonchev–Trinajstić information content (AvgIpc) is 2.81. The number of benzene rings is 1. The molecule has 1 heterocycles. The van der Waals surface area contributed by atoms with Gasteiger partial charge in [-0.15, -0.1) is 0 Å². The van der Waals surface area contributed by atoms with E-state index in [0.29, 0.717) is 5.56 Å². The minimum atomic E-state index is -1.03. The molecule has 1 amide bonds. The number of hydroxylamine groups is 2. The number of hydrogen-bond acceptors (Lipinski definition) is 5. The number of Topliss-reactive ketones (excluding diaryl/α,β-unsaturated/α-hetero) is 1. The van der Waals surface area contributed by atoms with Crippen LogP contribution in [0.4, 0.5) is 0 Å². The van der Waals surface area contributed by atoms with Crippen LogP contribution in [0.5, 0.6) is 0 Å². The zero-order valence-corrected chi connectivity index (χ0v) is 12.5. The summed E-state index contributed by atoms with van der Waals surface area (Å²) in [6.07, 6.45) is -2.02. The number of ketones is 1. The normalized spacial score (nSPS) is 23.8. The van der Waals surface area contributed by atoms with E-state index >= 15 is 0 Å². The van der Waals surface area contributed by atoms with Crippen LogP contribution in [0.2, 0.25) is 0 Å². The SMILES string of the molecule is CON(C)C(=O)[C@@H]1OC(C)(C)O[C@H]1C(=O)c1ccccc1. The molecule has 6 heteroatoms. The second kappa shape index (κ2) is 5.93. The van der Waals surface area contributed by atoms with Gasteiger partial charge < -0.3 is 9.47 Å². The Morgan fingerprint density at radius 3 is 2.29 bits per heavy atom. The predicted octanol–water partition coefficient (Wildman–Crippen LogP) is 1.41. The van der Waals surface area contributed by atoms with E-state index in [1.54, 1.807) is 38.1 Å². The quantitative estimate of drug-likeness (QED) is 0.620. The lowest BCUT2D eigenvalue weighted by atomic mass is 10.0. The number of rotatable bonds is 4. The van der Waals surface area contributed by atoms with Crippen LogP contribution in [0.15, 0.2) is 30.3 Å². The molecule has 2 rings (SSSR count). The summed E-state index contributed by atoms with van der Waals surface area (Å²) in [5.74, 6) is -1.76. The van der Waals surface area contributed by atoms with Gasteiger partial charge in [0.1, 0.15) is 0 Å². The summed E-state index contributed by atoms with van der Waals surface area (Å²) in [6.45, 7) is 3.33. The van der Waals surface area contributed by atoms with Gasteiger partial charge in [-0.2, -0.15) is 0 Å². The van der Waals surface area contributed by atoms with Crippen molar-refractivity contribution in [2.45, 2.75) is 31.8 Å². The molecule has 1 aliphatic heterocycles. The molecule has 0 spiro atoms. The molecule has 0 bridgehead atoms. The Hall–Kier alpha value is -1.76. The molecule has 1 fully saturated rings. The molecular formula is C15H19NO5. The Morgan fingerprint density at radius 1 is 1.14 bits per heavy atom. The van der Waals surface area contributed by atoms with E-state index < -0.39 is 23.9 Å². The number of carbonyl (C=O) groups excluding carboxylic acids is 2. The number of hydrogen-bond donors (Lipinski definition) is 0. The van der Waals surface area contributed by atoms with Gasteiger partial charge in [0.05, 0.1) is 7.11 Å². The second-order valence-electron chi connectivity index (χ2n) is 5.23. The van der Waals surface area contributed by atoms with Crippen molar-refractivity contribution in [3.05, 3.63) is 35.9 Å². The monoisotopic (exact) mass is 293 g/mol. The number of nitrogens with zero attached hydrogens (tertiary/aromatic N) is 1. The molecule has 0 saturated carbocycles. The van der Waals surface area contributed by atoms with E-state index in [1.165, 1.54) is 14.2 Å². The molecule has 0 aliphatic carbocycles. The maximum atomic E-state index is 12.5. The van der Waals surface area contributed by atoms with E-state index in [-0.39, 0.29) is 5.78 Å². The summed E-state index contributed by atoms with van der Waals surface area (Å²) >= 11 is 0. The van der Waals surface area contributed by atoms with Crippen molar-refractivity contribution >= 4 is 11.7 Å². The minimum Gasteiger partial charge on any atom is -0.336 e. The van der Waals surface area contributed by atoms with Crippen LogP contribution in [-0.4, -0.2) is 48.9 Å². The Bertz CT molecular complexity index is 528. The largest absolute Gasteiger partial charge is 0.336 e. The topological polar surface area (TPSA) is 65.1 Å². The van der Waals surface area contributed by atoms with Gasteiger partial charge in [-0.05, 0) is 13.8 Å². The summed E-state index contributed by atoms with van der Waals surface area (Å²) < 4.78 is 11.2. The molecule has 1 saturated heterocycles. The fourth-order valence-electron chi connectivity index (χ4n) is 2.17. The van der Waals surface area contributed by atoms with Gasteiger partial charge in [0.2, 0.25) is 0 Å². The molecule has 21 heavy (non-hydrogen) atoms. The summed E-state index contributed by atoms with van der Waals surface area (Å²) in [4.78, 5) is 29.7. The maximum Gasteiger partial charge on any atom is 0.278 e. The number of ether oxygens (including phenoxy) is 2. The van der Waals surface area contributed by atoms with E-state index in [0.717, 1.165) is 5.06 Å². The van der Waals surface area contributed by atoms with Crippen molar-refractivity contribution in [3.63, 3.8) is 0 Å². The van der Waals surface area contributed by atoms with Gasteiger partial charge in [-0.25, -0.2) is 5.06 Å². The van der Waals surface area contributed by atoms with Crippen LogP contribution >= 0.6 is 0 Å². The zero-order chi connectivity index (χ0) is 15.6. The first kappa shape index (κ1) is 15.6. The standard InChI is InChI=1S/C15H19NO5/c1-15(2)20-12(11(17)10-8-6-5-7-9-10)13(21-15)14(18)16(3)19-4/h5-9,12-13H,1-4H3/t12-,13+/m0/s1. The highest BCUT2D eigenvalue weighted by Crippen LogP contribution is 2.31. The second-order valence-corrected chi connectivity index (χ2v) is 5.23. The molecule has 1 aromatic rings. The van der Waals surface area contributed by atoms with E-state index in [1.807, 2.05) is 6.07 Å². The smallest absolute Gasteiger partial charge is 0.278 e. The lowest BCUT2D eigenvalue weighted by molar-refractivity contribution is -0.187. The molecule has 0 aromatic heterocycles. The van der Waals surface area contributed by atoms with Crippen LogP contribution in [0, 0.1) is 0 Å². The summed E-state index contributed by atoms with van der Waals surface area (Å²) in [6, 6.07) is 8.68. The predicted molar refractivity (Wildman–Crippen MR) is 74.4 cm³/mol. The van der Waals surface area contributed by atoms with Crippen molar-refractivity contribution in [2.24, 2.45) is 0 Å². The van der Waals surface area contributed by atoms with Crippen LogP contribution in [-0.2, 0) is 19.1 Å². The number of likely N-dealkylation sites (N-methyl/N-ethyl adjacent to an activating group) is 1. The highest BCUT2D eigenvalue weighted by molar-refractivity contribution is 6.03. The zero-order valence-electron chi connectivity index (χ0n) is 12.5. The lowest BCUT2D eigenvalue weighted by Gasteiger charge is -2.20. The molecule has 6 nitrogen and oxygen atoms in total. The van der Waals surface area contributed by atoms with E-state index in [2.05, 4.69) is 0 Å². The first-order chi connectivity index (χ1) is 9.85. The third-order valence-electron chi connectivity index (χ3n) is 3.24. The van der Waals surface area contributed by atoms with Crippen molar-refractivity contribution in [2.75, 3.05) is 14.2 Å². The average molecular weight is 293 g/mol. The highest BCUT2D eigenvalue weighted by atomic mass is 16.8. The van der Waals surface area contributed by atoms with Crippen molar-refractivity contribution < 1.29 is 23.9 Å². The van der Waals surface area contributed by atoms with Gasteiger partial charge in [-0.3, -0.25) is 14.4 Å². The summed E-state index contributed by atoms with van der Waals surface area (Å²) in [5, 5.41) is 1.03. The Balaban J connectivity index is 2.27. The van der Waals surface area contributed by atoms with E-state index in [9.17, 15) is 9.59 Å². The van der Waals surface area contributed by atoms with Crippen LogP contribution in [0.25, 0.3) is 0 Å². The van der Waals surface area contributed by atoms with Gasteiger partial charge in [-0.1, -0.05) is 30.3 Å². The maximum absolute atomic E-state index is 12.5. The van der Waals surface area contributed by atoms with Crippen LogP contribution < -0.4 is 0 Å². The van der Waals surface area contributed by atoms with Crippen molar-refractivity contribution in [1.82, 2.24) is 5.06 Å². The first-order valence-corrected chi connectivity index (χ1v) is 6.62.